The molecule has 20 heavy (non-hydrogen) atoms. The Bertz CT molecular complexity index is 416. The largest absolute Gasteiger partial charge is 0.493 e. The van der Waals surface area contributed by atoms with E-state index in [4.69, 9.17) is 4.74 Å². The lowest BCUT2D eigenvalue weighted by Gasteiger charge is -2.27. The molecule has 0 amide bonds. The molecular weight excluding hydrogens is 312 g/mol. The van der Waals surface area contributed by atoms with Crippen molar-refractivity contribution in [3.05, 3.63) is 29.8 Å². The first-order valence-corrected chi connectivity index (χ1v) is 8.93. The minimum atomic E-state index is 0.251. The monoisotopic (exact) mass is 338 g/mol. The average molecular weight is 339 g/mol. The number of hydrogen-bond donors (Lipinski definition) is 0. The molecule has 0 bridgehead atoms. The van der Waals surface area contributed by atoms with Crippen molar-refractivity contribution in [3.63, 3.8) is 0 Å². The van der Waals surface area contributed by atoms with E-state index in [1.165, 1.54) is 31.2 Å². The van der Waals surface area contributed by atoms with Crippen LogP contribution in [0.3, 0.4) is 0 Å². The summed E-state index contributed by atoms with van der Waals surface area (Å²) in [5.74, 6) is 1.01. The molecule has 2 rings (SSSR count). The highest BCUT2D eigenvalue weighted by Gasteiger charge is 2.33. The molecule has 0 aliphatic heterocycles. The van der Waals surface area contributed by atoms with E-state index in [1.54, 1.807) is 0 Å². The molecule has 0 N–H and O–H groups in total. The van der Waals surface area contributed by atoms with Crippen LogP contribution in [0.4, 0.5) is 0 Å². The van der Waals surface area contributed by atoms with Crippen LogP contribution in [-0.2, 0) is 5.41 Å². The van der Waals surface area contributed by atoms with Crippen molar-refractivity contribution >= 4 is 15.9 Å². The molecule has 1 aliphatic carbocycles. The van der Waals surface area contributed by atoms with Crippen LogP contribution in [0.5, 0.6) is 5.75 Å². The van der Waals surface area contributed by atoms with Crippen LogP contribution >= 0.6 is 15.9 Å². The summed E-state index contributed by atoms with van der Waals surface area (Å²) in [5.41, 5.74) is 2.01. The van der Waals surface area contributed by atoms with Gasteiger partial charge < -0.3 is 4.74 Å². The lowest BCUT2D eigenvalue weighted by atomic mass is 9.82. The molecule has 2 heteroatoms. The van der Waals surface area contributed by atoms with E-state index in [1.807, 2.05) is 0 Å². The van der Waals surface area contributed by atoms with Crippen molar-refractivity contribution in [2.45, 2.75) is 58.3 Å². The highest BCUT2D eigenvalue weighted by atomic mass is 79.9. The molecule has 0 unspecified atom stereocenters. The second-order valence-corrected chi connectivity index (χ2v) is 7.45. The standard InChI is InChI=1S/C18H27BrO/c1-4-17(2,3)15-7-9-16(10-8-15)20-14-18(13-19)11-5-6-12-18/h7-10H,4-6,11-14H2,1-3H3. The minimum absolute atomic E-state index is 0.251. The van der Waals surface area contributed by atoms with Gasteiger partial charge in [0.15, 0.2) is 0 Å². The summed E-state index contributed by atoms with van der Waals surface area (Å²) in [4.78, 5) is 0. The van der Waals surface area contributed by atoms with Crippen LogP contribution < -0.4 is 4.74 Å². The van der Waals surface area contributed by atoms with Crippen LogP contribution in [0.15, 0.2) is 24.3 Å². The lowest BCUT2D eigenvalue weighted by Crippen LogP contribution is -2.27. The third-order valence-corrected chi connectivity index (χ3v) is 6.20. The minimum Gasteiger partial charge on any atom is -0.493 e. The third-order valence-electron chi connectivity index (χ3n) is 5.01. The molecule has 1 aliphatic rings. The van der Waals surface area contributed by atoms with Crippen LogP contribution in [0, 0.1) is 5.41 Å². The maximum atomic E-state index is 6.06. The first-order valence-electron chi connectivity index (χ1n) is 7.81. The smallest absolute Gasteiger partial charge is 0.119 e. The molecule has 0 heterocycles. The highest BCUT2D eigenvalue weighted by Crippen LogP contribution is 2.40. The average Bonchev–Trinajstić information content (AvgIpc) is 2.95. The molecule has 1 aromatic rings. The van der Waals surface area contributed by atoms with Crippen LogP contribution in [0.1, 0.15) is 58.4 Å². The number of alkyl halides is 1. The summed E-state index contributed by atoms with van der Waals surface area (Å²) < 4.78 is 6.06. The molecule has 1 nitrogen and oxygen atoms in total. The van der Waals surface area contributed by atoms with Crippen molar-refractivity contribution in [1.82, 2.24) is 0 Å². The fourth-order valence-corrected chi connectivity index (χ4v) is 3.61. The Morgan fingerprint density at radius 1 is 1.15 bits per heavy atom. The predicted molar refractivity (Wildman–Crippen MR) is 89.9 cm³/mol. The van der Waals surface area contributed by atoms with Crippen LogP contribution in [-0.4, -0.2) is 11.9 Å². The molecule has 0 radical (unpaired) electrons. The summed E-state index contributed by atoms with van der Waals surface area (Å²) in [7, 11) is 0. The summed E-state index contributed by atoms with van der Waals surface area (Å²) in [6, 6.07) is 8.69. The van der Waals surface area contributed by atoms with E-state index < -0.39 is 0 Å². The second-order valence-electron chi connectivity index (χ2n) is 6.89. The Balaban J connectivity index is 1.97. The van der Waals surface area contributed by atoms with E-state index in [-0.39, 0.29) is 5.41 Å². The summed E-state index contributed by atoms with van der Waals surface area (Å²) >= 11 is 3.67. The van der Waals surface area contributed by atoms with Crippen molar-refractivity contribution < 1.29 is 4.74 Å². The first kappa shape index (κ1) is 15.9. The van der Waals surface area contributed by atoms with Gasteiger partial charge in [0.05, 0.1) is 6.61 Å². The van der Waals surface area contributed by atoms with Gasteiger partial charge in [0.1, 0.15) is 5.75 Å². The summed E-state index contributed by atoms with van der Waals surface area (Å²) in [6.45, 7) is 7.67. The van der Waals surface area contributed by atoms with Gasteiger partial charge in [0, 0.05) is 10.7 Å². The van der Waals surface area contributed by atoms with Gasteiger partial charge in [-0.15, -0.1) is 0 Å². The van der Waals surface area contributed by atoms with E-state index >= 15 is 0 Å². The molecule has 0 saturated heterocycles. The van der Waals surface area contributed by atoms with E-state index in [2.05, 4.69) is 61.0 Å². The Hall–Kier alpha value is -0.500. The topological polar surface area (TPSA) is 9.23 Å². The highest BCUT2D eigenvalue weighted by molar-refractivity contribution is 9.09. The van der Waals surface area contributed by atoms with Gasteiger partial charge in [-0.05, 0) is 42.4 Å². The fourth-order valence-electron chi connectivity index (χ4n) is 2.88. The Morgan fingerprint density at radius 2 is 1.75 bits per heavy atom. The third kappa shape index (κ3) is 3.58. The molecule has 0 atom stereocenters. The summed E-state index contributed by atoms with van der Waals surface area (Å²) in [6.07, 6.45) is 6.43. The first-order chi connectivity index (χ1) is 9.51. The fraction of sp³-hybridized carbons (Fsp3) is 0.667. The van der Waals surface area contributed by atoms with Crippen LogP contribution in [0.2, 0.25) is 0 Å². The number of benzene rings is 1. The SMILES string of the molecule is CCC(C)(C)c1ccc(OCC2(CBr)CCCC2)cc1. The number of rotatable bonds is 6. The Labute approximate surface area is 132 Å². The molecule has 0 spiro atoms. The zero-order chi connectivity index (χ0) is 14.6. The van der Waals surface area contributed by atoms with E-state index in [0.717, 1.165) is 24.1 Å². The van der Waals surface area contributed by atoms with Gasteiger partial charge in [-0.1, -0.05) is 61.7 Å². The van der Waals surface area contributed by atoms with Gasteiger partial charge in [-0.2, -0.15) is 0 Å². The molecule has 1 aromatic carbocycles. The number of hydrogen-bond acceptors (Lipinski definition) is 1. The molecule has 1 saturated carbocycles. The second kappa shape index (κ2) is 6.51. The van der Waals surface area contributed by atoms with Gasteiger partial charge in [0.2, 0.25) is 0 Å². The maximum Gasteiger partial charge on any atom is 0.119 e. The van der Waals surface area contributed by atoms with Gasteiger partial charge in [-0.25, -0.2) is 0 Å². The van der Waals surface area contributed by atoms with Crippen molar-refractivity contribution in [3.8, 4) is 5.75 Å². The van der Waals surface area contributed by atoms with Gasteiger partial charge >= 0.3 is 0 Å². The lowest BCUT2D eigenvalue weighted by molar-refractivity contribution is 0.174. The zero-order valence-electron chi connectivity index (χ0n) is 13.0. The van der Waals surface area contributed by atoms with E-state index in [9.17, 15) is 0 Å². The predicted octanol–water partition coefficient (Wildman–Crippen LogP) is 5.71. The van der Waals surface area contributed by atoms with E-state index in [0.29, 0.717) is 5.41 Å². The van der Waals surface area contributed by atoms with Crippen molar-refractivity contribution in [2.24, 2.45) is 5.41 Å². The quantitative estimate of drug-likeness (QED) is 0.603. The van der Waals surface area contributed by atoms with Crippen LogP contribution in [0.25, 0.3) is 0 Å². The molecular formula is C18H27BrO. The van der Waals surface area contributed by atoms with Crippen molar-refractivity contribution in [2.75, 3.05) is 11.9 Å². The maximum absolute atomic E-state index is 6.06. The van der Waals surface area contributed by atoms with Gasteiger partial charge in [0.25, 0.3) is 0 Å². The number of ether oxygens (including phenoxy) is 1. The molecule has 112 valence electrons. The van der Waals surface area contributed by atoms with Gasteiger partial charge in [-0.3, -0.25) is 0 Å². The zero-order valence-corrected chi connectivity index (χ0v) is 14.6. The normalized spacial score (nSPS) is 18.2. The molecule has 1 fully saturated rings. The molecule has 0 aromatic heterocycles. The van der Waals surface area contributed by atoms with Crippen molar-refractivity contribution in [1.29, 1.82) is 0 Å². The Morgan fingerprint density at radius 3 is 2.25 bits per heavy atom. The Kier molecular flexibility index (Phi) is 5.17. The number of halogens is 1. The summed E-state index contributed by atoms with van der Waals surface area (Å²) in [5, 5.41) is 1.06.